The van der Waals surface area contributed by atoms with Gasteiger partial charge in [-0.25, -0.2) is 0 Å². The molecule has 1 saturated heterocycles. The molecule has 2 amide bonds. The normalized spacial score (nSPS) is 16.2. The second-order valence-electron chi connectivity index (χ2n) is 17.9. The van der Waals surface area contributed by atoms with Crippen LogP contribution in [0.15, 0.2) is 24.3 Å². The Morgan fingerprint density at radius 3 is 1.61 bits per heavy atom. The van der Waals surface area contributed by atoms with Crippen LogP contribution in [0, 0.1) is 5.92 Å². The molecule has 0 spiro atoms. The topological polar surface area (TPSA) is 52.7 Å². The molecule has 0 aromatic rings. The molecule has 0 bridgehead atoms. The van der Waals surface area contributed by atoms with Gasteiger partial charge in [-0.1, -0.05) is 192 Å². The van der Waals surface area contributed by atoms with E-state index in [1.807, 2.05) is 0 Å². The van der Waals surface area contributed by atoms with Crippen LogP contribution in [0.5, 0.6) is 0 Å². The zero-order valence-electron chi connectivity index (χ0n) is 37.7. The van der Waals surface area contributed by atoms with Gasteiger partial charge in [0.1, 0.15) is 6.04 Å². The summed E-state index contributed by atoms with van der Waals surface area (Å²) in [6.07, 6.45) is 54.3. The minimum absolute atomic E-state index is 0.130. The van der Waals surface area contributed by atoms with Gasteiger partial charge >= 0.3 is 0 Å². The molecule has 2 rings (SSSR count). The van der Waals surface area contributed by atoms with E-state index in [2.05, 4.69) is 53.3 Å². The van der Waals surface area contributed by atoms with Crippen LogP contribution in [0.2, 0.25) is 0 Å². The summed E-state index contributed by atoms with van der Waals surface area (Å²) >= 11 is 0. The number of allylic oxidation sites excluding steroid dienone is 4. The number of unbranched alkanes of at least 4 members (excludes halogenated alkanes) is 23. The predicted octanol–water partition coefficient (Wildman–Crippen LogP) is 14.4. The van der Waals surface area contributed by atoms with E-state index in [-0.39, 0.29) is 17.9 Å². The Labute approximate surface area is 349 Å². The molecule has 5 heteroatoms. The van der Waals surface area contributed by atoms with Gasteiger partial charge in [0.15, 0.2) is 0 Å². The number of likely N-dealkylation sites (tertiary alicyclic amines) is 1. The van der Waals surface area contributed by atoms with Gasteiger partial charge in [0.25, 0.3) is 0 Å². The van der Waals surface area contributed by atoms with Crippen molar-refractivity contribution < 1.29 is 9.59 Å². The third-order valence-electron chi connectivity index (χ3n) is 12.8. The van der Waals surface area contributed by atoms with Crippen LogP contribution < -0.4 is 5.32 Å². The first kappa shape index (κ1) is 50.5. The monoisotopic (exact) mass is 782 g/mol. The van der Waals surface area contributed by atoms with Crippen molar-refractivity contribution in [2.75, 3.05) is 32.7 Å². The Bertz CT molecular complexity index is 951. The third kappa shape index (κ3) is 27.1. The maximum atomic E-state index is 14.1. The van der Waals surface area contributed by atoms with Crippen LogP contribution >= 0.6 is 0 Å². The van der Waals surface area contributed by atoms with Crippen LogP contribution in [0.4, 0.5) is 0 Å². The van der Waals surface area contributed by atoms with E-state index in [1.165, 1.54) is 180 Å². The van der Waals surface area contributed by atoms with E-state index in [0.717, 1.165) is 71.1 Å². The van der Waals surface area contributed by atoms with Gasteiger partial charge in [-0.2, -0.15) is 0 Å². The van der Waals surface area contributed by atoms with Gasteiger partial charge in [-0.15, -0.1) is 0 Å². The number of nitrogens with one attached hydrogen (secondary N) is 1. The molecule has 1 N–H and O–H groups in total. The Hall–Kier alpha value is -1.62. The molecule has 326 valence electrons. The summed E-state index contributed by atoms with van der Waals surface area (Å²) in [5.74, 6) is 0.648. The van der Waals surface area contributed by atoms with E-state index >= 15 is 0 Å². The number of rotatable bonds is 37. The number of hydrogen-bond acceptors (Lipinski definition) is 3. The Kier molecular flexibility index (Phi) is 34.0. The van der Waals surface area contributed by atoms with Crippen LogP contribution in [-0.4, -0.2) is 60.4 Å². The highest BCUT2D eigenvalue weighted by atomic mass is 16.2. The lowest BCUT2D eigenvalue weighted by Crippen LogP contribution is -2.55. The first-order valence-corrected chi connectivity index (χ1v) is 25.3. The highest BCUT2D eigenvalue weighted by molar-refractivity contribution is 5.88. The number of piperidine rings is 1. The molecule has 0 radical (unpaired) electrons. The first-order chi connectivity index (χ1) is 27.7. The van der Waals surface area contributed by atoms with Gasteiger partial charge in [-0.3, -0.25) is 9.59 Å². The largest absolute Gasteiger partial charge is 0.354 e. The van der Waals surface area contributed by atoms with Crippen molar-refractivity contribution in [3.05, 3.63) is 24.3 Å². The second-order valence-corrected chi connectivity index (χ2v) is 17.9. The lowest BCUT2D eigenvalue weighted by atomic mass is 9.82. The van der Waals surface area contributed by atoms with Crippen molar-refractivity contribution >= 4 is 11.8 Å². The van der Waals surface area contributed by atoms with Crippen LogP contribution in [0.25, 0.3) is 0 Å². The standard InChI is InChI=1S/C51H95N3O2/c1-3-5-7-9-11-13-15-17-19-21-23-25-27-29-31-37-43-52-51(56)50(48-40-34-32-35-41-48)54(47-46-53-44-38-33-39-45-53)49(55)42-36-30-28-26-24-22-20-18-16-14-12-10-8-6-4-2/h12,14,18,20,48,50H,3-11,13,15-17,19,21-47H2,1-2H3,(H,52,56)/b14-12-,20-18-. The molecule has 2 aliphatic rings. The SMILES string of the molecule is CCCCC/C=C\C/C=C\CCCCCCCC(=O)N(CCN1CCCCC1)C(C(=O)NCCCCCCCCCCCCCCCCCC)C1CCCCC1. The molecule has 1 unspecified atom stereocenters. The highest BCUT2D eigenvalue weighted by Gasteiger charge is 2.36. The maximum absolute atomic E-state index is 14.1. The number of nitrogens with zero attached hydrogens (tertiary/aromatic N) is 2. The van der Waals surface area contributed by atoms with Crippen molar-refractivity contribution in [2.24, 2.45) is 5.92 Å². The zero-order chi connectivity index (χ0) is 40.0. The smallest absolute Gasteiger partial charge is 0.243 e. The van der Waals surface area contributed by atoms with E-state index < -0.39 is 0 Å². The van der Waals surface area contributed by atoms with E-state index in [1.54, 1.807) is 0 Å². The average molecular weight is 782 g/mol. The molecule has 0 aromatic carbocycles. The van der Waals surface area contributed by atoms with Gasteiger partial charge in [0.05, 0.1) is 0 Å². The number of amides is 2. The van der Waals surface area contributed by atoms with E-state index in [0.29, 0.717) is 18.9 Å². The fourth-order valence-corrected chi connectivity index (χ4v) is 9.13. The quantitative estimate of drug-likeness (QED) is 0.0504. The van der Waals surface area contributed by atoms with Crippen molar-refractivity contribution in [2.45, 2.75) is 251 Å². The van der Waals surface area contributed by atoms with Crippen LogP contribution in [0.1, 0.15) is 245 Å². The summed E-state index contributed by atoms with van der Waals surface area (Å²) in [4.78, 5) is 32.8. The number of carbonyl (C=O) groups is 2. The molecular formula is C51H95N3O2. The summed E-state index contributed by atoms with van der Waals surface area (Å²) in [5.41, 5.74) is 0. The molecule has 0 aromatic heterocycles. The van der Waals surface area contributed by atoms with Crippen LogP contribution in [0.3, 0.4) is 0 Å². The molecule has 5 nitrogen and oxygen atoms in total. The summed E-state index contributed by atoms with van der Waals surface area (Å²) in [5, 5.41) is 3.37. The molecule has 2 fully saturated rings. The molecular weight excluding hydrogens is 687 g/mol. The average Bonchev–Trinajstić information content (AvgIpc) is 3.22. The van der Waals surface area contributed by atoms with Gasteiger partial charge in [0, 0.05) is 26.1 Å². The lowest BCUT2D eigenvalue weighted by molar-refractivity contribution is -0.143. The number of hydrogen-bond donors (Lipinski definition) is 1. The summed E-state index contributed by atoms with van der Waals surface area (Å²) in [7, 11) is 0. The molecule has 1 aliphatic heterocycles. The minimum Gasteiger partial charge on any atom is -0.354 e. The van der Waals surface area contributed by atoms with Gasteiger partial charge in [-0.05, 0) is 89.6 Å². The van der Waals surface area contributed by atoms with Gasteiger partial charge in [0.2, 0.25) is 11.8 Å². The van der Waals surface area contributed by atoms with Crippen molar-refractivity contribution in [1.29, 1.82) is 0 Å². The summed E-state index contributed by atoms with van der Waals surface area (Å²) < 4.78 is 0. The van der Waals surface area contributed by atoms with E-state index in [9.17, 15) is 9.59 Å². The second kappa shape index (κ2) is 37.6. The van der Waals surface area contributed by atoms with Crippen LogP contribution in [-0.2, 0) is 9.59 Å². The predicted molar refractivity (Wildman–Crippen MR) is 244 cm³/mol. The van der Waals surface area contributed by atoms with E-state index in [4.69, 9.17) is 0 Å². The molecule has 1 aliphatic carbocycles. The zero-order valence-corrected chi connectivity index (χ0v) is 37.7. The summed E-state index contributed by atoms with van der Waals surface area (Å²) in [6.45, 7) is 9.17. The maximum Gasteiger partial charge on any atom is 0.243 e. The Morgan fingerprint density at radius 2 is 1.04 bits per heavy atom. The minimum atomic E-state index is -0.299. The molecule has 1 saturated carbocycles. The van der Waals surface area contributed by atoms with Crippen molar-refractivity contribution in [3.8, 4) is 0 Å². The third-order valence-corrected chi connectivity index (χ3v) is 12.8. The van der Waals surface area contributed by atoms with Gasteiger partial charge < -0.3 is 15.1 Å². The highest BCUT2D eigenvalue weighted by Crippen LogP contribution is 2.30. The fourth-order valence-electron chi connectivity index (χ4n) is 9.13. The molecule has 1 atom stereocenters. The molecule has 56 heavy (non-hydrogen) atoms. The lowest BCUT2D eigenvalue weighted by Gasteiger charge is -2.39. The first-order valence-electron chi connectivity index (χ1n) is 25.3. The Balaban J connectivity index is 1.73. The fraction of sp³-hybridized carbons (Fsp3) is 0.882. The number of carbonyl (C=O) groups excluding carboxylic acids is 2. The van der Waals surface area contributed by atoms with Crippen molar-refractivity contribution in [1.82, 2.24) is 15.1 Å². The summed E-state index contributed by atoms with van der Waals surface area (Å²) in [6, 6.07) is -0.299. The Morgan fingerprint density at radius 1 is 0.571 bits per heavy atom. The molecule has 1 heterocycles. The van der Waals surface area contributed by atoms with Crippen molar-refractivity contribution in [3.63, 3.8) is 0 Å².